The summed E-state index contributed by atoms with van der Waals surface area (Å²) in [7, 11) is -1.91. The molecule has 0 N–H and O–H groups in total. The maximum atomic E-state index is 12.6. The molecule has 1 aliphatic rings. The monoisotopic (exact) mass is 554 g/mol. The second-order valence-corrected chi connectivity index (χ2v) is 16.2. The van der Waals surface area contributed by atoms with Crippen molar-refractivity contribution in [2.45, 2.75) is 102 Å². The highest BCUT2D eigenvalue weighted by atomic mass is 28.3. The molecule has 0 unspecified atom stereocenters. The molecule has 1 saturated heterocycles. The molecular weight excluding hydrogens is 504 g/mol. The van der Waals surface area contributed by atoms with Crippen LogP contribution >= 0.6 is 0 Å². The number of carbonyl (C=O) groups is 1. The lowest BCUT2D eigenvalue weighted by Crippen LogP contribution is -2.47. The Morgan fingerprint density at radius 3 is 2.15 bits per heavy atom. The molecule has 0 spiro atoms. The van der Waals surface area contributed by atoms with Crippen LogP contribution in [0.1, 0.15) is 76.7 Å². The minimum Gasteiger partial charge on any atom is -0.466 e. The molecule has 5 nitrogen and oxygen atoms in total. The van der Waals surface area contributed by atoms with Crippen molar-refractivity contribution in [3.05, 3.63) is 66.2 Å². The van der Waals surface area contributed by atoms with Crippen LogP contribution < -0.4 is 5.19 Å². The van der Waals surface area contributed by atoms with Crippen molar-refractivity contribution in [3.8, 4) is 0 Å². The molecule has 2 aromatic carbocycles. The third-order valence-corrected chi connectivity index (χ3v) is 12.5. The quantitative estimate of drug-likeness (QED) is 0.103. The van der Waals surface area contributed by atoms with Gasteiger partial charge in [0.1, 0.15) is 0 Å². The Kier molecular flexibility index (Phi) is 13.7. The Morgan fingerprint density at radius 1 is 0.872 bits per heavy atom. The van der Waals surface area contributed by atoms with E-state index in [1.165, 1.54) is 36.4 Å². The second-order valence-electron chi connectivity index (χ2n) is 11.3. The van der Waals surface area contributed by atoms with Crippen LogP contribution in [0.15, 0.2) is 60.7 Å². The van der Waals surface area contributed by atoms with Gasteiger partial charge in [-0.3, -0.25) is 4.79 Å². The van der Waals surface area contributed by atoms with Crippen molar-refractivity contribution in [2.24, 2.45) is 0 Å². The lowest BCUT2D eigenvalue weighted by molar-refractivity contribution is -0.169. The van der Waals surface area contributed by atoms with Crippen molar-refractivity contribution in [1.29, 1.82) is 0 Å². The first-order valence-corrected chi connectivity index (χ1v) is 18.1. The molecule has 1 aliphatic heterocycles. The SMILES string of the molecule is CCOC(=O)C[C@H](CCC1(CCCCCCCCOCc2ccccc2)OCCO1)[Si](C)(C)c1ccccc1. The molecule has 1 fully saturated rings. The van der Waals surface area contributed by atoms with E-state index in [1.807, 2.05) is 13.0 Å². The third kappa shape index (κ3) is 10.8. The van der Waals surface area contributed by atoms with Gasteiger partial charge in [0.05, 0.1) is 34.5 Å². The maximum absolute atomic E-state index is 12.6. The topological polar surface area (TPSA) is 54.0 Å². The van der Waals surface area contributed by atoms with E-state index < -0.39 is 13.9 Å². The molecule has 0 radical (unpaired) electrons. The van der Waals surface area contributed by atoms with Gasteiger partial charge >= 0.3 is 5.97 Å². The highest BCUT2D eigenvalue weighted by molar-refractivity contribution is 6.91. The number of benzene rings is 2. The summed E-state index contributed by atoms with van der Waals surface area (Å²) in [5.41, 5.74) is 1.51. The van der Waals surface area contributed by atoms with Crippen LogP contribution in [-0.2, 0) is 30.3 Å². The van der Waals surface area contributed by atoms with E-state index in [-0.39, 0.29) is 11.5 Å². The molecule has 216 valence electrons. The van der Waals surface area contributed by atoms with Crippen LogP contribution in [0.25, 0.3) is 0 Å². The first-order valence-electron chi connectivity index (χ1n) is 15.1. The van der Waals surface area contributed by atoms with Gasteiger partial charge in [0, 0.05) is 25.9 Å². The molecule has 1 atom stereocenters. The summed E-state index contributed by atoms with van der Waals surface area (Å²) in [4.78, 5) is 12.6. The van der Waals surface area contributed by atoms with Gasteiger partial charge in [0.25, 0.3) is 0 Å². The number of hydrogen-bond acceptors (Lipinski definition) is 5. The summed E-state index contributed by atoms with van der Waals surface area (Å²) in [6.07, 6.45) is 10.2. The number of carbonyl (C=O) groups excluding carboxylic acids is 1. The van der Waals surface area contributed by atoms with Crippen LogP contribution in [0, 0.1) is 0 Å². The number of hydrogen-bond donors (Lipinski definition) is 0. The summed E-state index contributed by atoms with van der Waals surface area (Å²) >= 11 is 0. The number of ether oxygens (including phenoxy) is 4. The van der Waals surface area contributed by atoms with E-state index in [0.717, 1.165) is 38.7 Å². The molecule has 0 bridgehead atoms. The van der Waals surface area contributed by atoms with Gasteiger partial charge in [-0.15, -0.1) is 0 Å². The van der Waals surface area contributed by atoms with Crippen molar-refractivity contribution in [2.75, 3.05) is 26.4 Å². The van der Waals surface area contributed by atoms with Gasteiger partial charge in [0.15, 0.2) is 5.79 Å². The smallest absolute Gasteiger partial charge is 0.305 e. The standard InChI is InChI=1S/C33H50O5Si/c1-4-36-32(34)27-31(39(2,3)30-19-13-10-14-20-30)21-23-33(37-25-26-38-33)22-15-7-5-6-8-16-24-35-28-29-17-11-9-12-18-29/h9-14,17-20,31H,4-8,15-16,21-28H2,1-3H3/t31-/m0/s1. The maximum Gasteiger partial charge on any atom is 0.305 e. The minimum atomic E-state index is -1.91. The predicted molar refractivity (Wildman–Crippen MR) is 161 cm³/mol. The largest absolute Gasteiger partial charge is 0.466 e. The molecule has 0 aliphatic carbocycles. The van der Waals surface area contributed by atoms with Crippen LogP contribution in [-0.4, -0.2) is 46.3 Å². The van der Waals surface area contributed by atoms with Crippen molar-refractivity contribution >= 4 is 19.2 Å². The third-order valence-electron chi connectivity index (χ3n) is 8.15. The van der Waals surface area contributed by atoms with E-state index in [1.54, 1.807) is 0 Å². The van der Waals surface area contributed by atoms with Crippen molar-refractivity contribution in [1.82, 2.24) is 0 Å². The first kappa shape index (κ1) is 31.5. The summed E-state index contributed by atoms with van der Waals surface area (Å²) in [5.74, 6) is -0.592. The Labute approximate surface area is 237 Å². The lowest BCUT2D eigenvalue weighted by atomic mass is 9.99. The van der Waals surface area contributed by atoms with Gasteiger partial charge in [-0.1, -0.05) is 105 Å². The van der Waals surface area contributed by atoms with Crippen LogP contribution in [0.4, 0.5) is 0 Å². The molecule has 0 saturated carbocycles. The zero-order chi connectivity index (χ0) is 27.8. The molecule has 0 amide bonds. The van der Waals surface area contributed by atoms with E-state index in [4.69, 9.17) is 18.9 Å². The van der Waals surface area contributed by atoms with Gasteiger partial charge in [0.2, 0.25) is 0 Å². The highest BCUT2D eigenvalue weighted by Gasteiger charge is 2.40. The van der Waals surface area contributed by atoms with Gasteiger partial charge in [-0.25, -0.2) is 0 Å². The minimum absolute atomic E-state index is 0.0909. The van der Waals surface area contributed by atoms with E-state index in [2.05, 4.69) is 67.7 Å². The van der Waals surface area contributed by atoms with Crippen LogP contribution in [0.5, 0.6) is 0 Å². The van der Waals surface area contributed by atoms with Crippen LogP contribution in [0.3, 0.4) is 0 Å². The molecule has 39 heavy (non-hydrogen) atoms. The summed E-state index contributed by atoms with van der Waals surface area (Å²) in [5, 5.41) is 1.38. The fraction of sp³-hybridized carbons (Fsp3) is 0.606. The second kappa shape index (κ2) is 17.0. The number of unbranched alkanes of at least 4 members (excludes halogenated alkanes) is 5. The first-order chi connectivity index (χ1) is 19.0. The highest BCUT2D eigenvalue weighted by Crippen LogP contribution is 2.38. The Morgan fingerprint density at radius 2 is 1.49 bits per heavy atom. The molecule has 3 rings (SSSR count). The fourth-order valence-corrected chi connectivity index (χ4v) is 8.68. The van der Waals surface area contributed by atoms with Gasteiger partial charge in [-0.05, 0) is 37.3 Å². The zero-order valence-electron chi connectivity index (χ0n) is 24.5. The average Bonchev–Trinajstić information content (AvgIpc) is 3.42. The number of esters is 1. The Bertz CT molecular complexity index is 928. The molecular formula is C33H50O5Si. The summed E-state index contributed by atoms with van der Waals surface area (Å²) < 4.78 is 23.6. The molecule has 2 aromatic rings. The summed E-state index contributed by atoms with van der Waals surface area (Å²) in [6, 6.07) is 21.1. The van der Waals surface area contributed by atoms with Crippen molar-refractivity contribution < 1.29 is 23.7 Å². The van der Waals surface area contributed by atoms with Crippen molar-refractivity contribution in [3.63, 3.8) is 0 Å². The fourth-order valence-electron chi connectivity index (χ4n) is 5.62. The average molecular weight is 555 g/mol. The van der Waals surface area contributed by atoms with Gasteiger partial charge in [-0.2, -0.15) is 0 Å². The predicted octanol–water partition coefficient (Wildman–Crippen LogP) is 7.40. The normalized spacial score (nSPS) is 15.8. The Balaban J connectivity index is 1.40. The number of rotatable bonds is 19. The molecule has 0 aromatic heterocycles. The Hall–Kier alpha value is -1.99. The molecule has 1 heterocycles. The lowest BCUT2D eigenvalue weighted by Gasteiger charge is -2.35. The van der Waals surface area contributed by atoms with E-state index in [9.17, 15) is 4.79 Å². The molecule has 6 heteroatoms. The zero-order valence-corrected chi connectivity index (χ0v) is 25.5. The van der Waals surface area contributed by atoms with E-state index >= 15 is 0 Å². The summed E-state index contributed by atoms with van der Waals surface area (Å²) in [6.45, 7) is 9.90. The van der Waals surface area contributed by atoms with Crippen LogP contribution in [0.2, 0.25) is 18.6 Å². The van der Waals surface area contributed by atoms with E-state index in [0.29, 0.717) is 32.8 Å². The van der Waals surface area contributed by atoms with Gasteiger partial charge < -0.3 is 18.9 Å².